The predicted octanol–water partition coefficient (Wildman–Crippen LogP) is -1.11. The Bertz CT molecular complexity index is 761. The van der Waals surface area contributed by atoms with E-state index in [0.29, 0.717) is 0 Å². The smallest absolute Gasteiger partial charge is 0.303 e. The van der Waals surface area contributed by atoms with Gasteiger partial charge in [0.1, 0.15) is 18.5 Å². The van der Waals surface area contributed by atoms with Gasteiger partial charge >= 0.3 is 17.9 Å². The predicted molar refractivity (Wildman–Crippen MR) is 86.8 cm³/mol. The van der Waals surface area contributed by atoms with Crippen LogP contribution < -0.4 is 11.5 Å². The molecule has 1 aromatic heterocycles. The van der Waals surface area contributed by atoms with Crippen LogP contribution in [0.2, 0.25) is 0 Å². The highest BCUT2D eigenvalue weighted by Gasteiger charge is 2.51. The van der Waals surface area contributed by atoms with Crippen LogP contribution in [0, 0.1) is 0 Å². The topological polar surface area (TPSA) is 175 Å². The van der Waals surface area contributed by atoms with Gasteiger partial charge in [-0.15, -0.1) is 0 Å². The van der Waals surface area contributed by atoms with Crippen molar-refractivity contribution >= 4 is 29.6 Å². The fraction of sp³-hybridized carbons (Fsp3) is 0.533. The number of imidazole rings is 1. The van der Waals surface area contributed by atoms with E-state index in [1.165, 1.54) is 17.8 Å². The Morgan fingerprint density at radius 2 is 1.70 bits per heavy atom. The third kappa shape index (κ3) is 4.53. The normalized spacial score (nSPS) is 24.3. The number of anilines is 1. The second kappa shape index (κ2) is 8.03. The number of nitrogens with two attached hydrogens (primary N) is 2. The van der Waals surface area contributed by atoms with E-state index in [2.05, 4.69) is 4.98 Å². The van der Waals surface area contributed by atoms with Gasteiger partial charge < -0.3 is 30.4 Å². The van der Waals surface area contributed by atoms with Crippen LogP contribution in [0.1, 0.15) is 37.5 Å². The molecule has 0 saturated carbocycles. The van der Waals surface area contributed by atoms with Crippen LogP contribution in [0.25, 0.3) is 0 Å². The molecule has 148 valence electrons. The Balaban J connectivity index is 2.41. The minimum absolute atomic E-state index is 0.126. The maximum atomic E-state index is 11.5. The number of carbonyl (C=O) groups excluding carboxylic acids is 4. The molecule has 0 radical (unpaired) electrons. The van der Waals surface area contributed by atoms with E-state index in [9.17, 15) is 19.2 Å². The Morgan fingerprint density at radius 1 is 1.11 bits per heavy atom. The highest BCUT2D eigenvalue weighted by Crippen LogP contribution is 2.36. The van der Waals surface area contributed by atoms with Crippen molar-refractivity contribution in [2.75, 3.05) is 12.3 Å². The van der Waals surface area contributed by atoms with Crippen LogP contribution in [0.5, 0.6) is 0 Å². The van der Waals surface area contributed by atoms with Crippen LogP contribution in [0.15, 0.2) is 6.33 Å². The number of primary amides is 1. The average Bonchev–Trinajstić information content (AvgIpc) is 3.06. The molecule has 4 atom stereocenters. The zero-order valence-corrected chi connectivity index (χ0v) is 14.9. The summed E-state index contributed by atoms with van der Waals surface area (Å²) in [5, 5.41) is 0. The maximum absolute atomic E-state index is 11.5. The van der Waals surface area contributed by atoms with E-state index in [1.807, 2.05) is 0 Å². The largest absolute Gasteiger partial charge is 0.463 e. The van der Waals surface area contributed by atoms with Gasteiger partial charge in [0.05, 0.1) is 6.33 Å². The number of rotatable bonds is 6. The molecular formula is C15H20N4O8. The van der Waals surface area contributed by atoms with Crippen molar-refractivity contribution in [2.24, 2.45) is 5.73 Å². The van der Waals surface area contributed by atoms with Crippen LogP contribution in [-0.4, -0.2) is 58.3 Å². The summed E-state index contributed by atoms with van der Waals surface area (Å²) in [7, 11) is 0. The third-order valence-electron chi connectivity index (χ3n) is 3.68. The lowest BCUT2D eigenvalue weighted by Gasteiger charge is -2.24. The molecule has 0 aromatic carbocycles. The number of nitrogens with zero attached hydrogens (tertiary/aromatic N) is 2. The van der Waals surface area contributed by atoms with Crippen molar-refractivity contribution in [2.45, 2.75) is 45.3 Å². The first-order valence-corrected chi connectivity index (χ1v) is 7.87. The fourth-order valence-electron chi connectivity index (χ4n) is 2.68. The lowest BCUT2D eigenvalue weighted by Crippen LogP contribution is -2.40. The van der Waals surface area contributed by atoms with Crippen LogP contribution in [-0.2, 0) is 33.3 Å². The summed E-state index contributed by atoms with van der Waals surface area (Å²) in [4.78, 5) is 49.3. The van der Waals surface area contributed by atoms with Crippen LogP contribution in [0.3, 0.4) is 0 Å². The van der Waals surface area contributed by atoms with Gasteiger partial charge in [0.25, 0.3) is 5.91 Å². The first-order chi connectivity index (χ1) is 12.6. The molecule has 12 heteroatoms. The quantitative estimate of drug-likeness (QED) is 0.451. The van der Waals surface area contributed by atoms with E-state index in [-0.39, 0.29) is 18.1 Å². The van der Waals surface area contributed by atoms with Gasteiger partial charge in [-0.2, -0.15) is 0 Å². The Morgan fingerprint density at radius 3 is 2.19 bits per heavy atom. The summed E-state index contributed by atoms with van der Waals surface area (Å²) in [6.45, 7) is 3.26. The molecule has 27 heavy (non-hydrogen) atoms. The molecular weight excluding hydrogens is 364 g/mol. The average molecular weight is 384 g/mol. The van der Waals surface area contributed by atoms with Gasteiger partial charge in [-0.1, -0.05) is 0 Å². The Hall–Kier alpha value is -3.15. The molecule has 0 spiro atoms. The van der Waals surface area contributed by atoms with Gasteiger partial charge in [-0.25, -0.2) is 4.98 Å². The molecule has 2 unspecified atom stereocenters. The van der Waals surface area contributed by atoms with Crippen LogP contribution >= 0.6 is 0 Å². The number of esters is 3. The zero-order chi connectivity index (χ0) is 20.3. The van der Waals surface area contributed by atoms with Crippen molar-refractivity contribution < 1.29 is 38.1 Å². The van der Waals surface area contributed by atoms with Gasteiger partial charge in [0, 0.05) is 20.8 Å². The van der Waals surface area contributed by atoms with Crippen LogP contribution in [0.4, 0.5) is 5.82 Å². The standard InChI is InChI=1S/C15H20N4O8/c1-6(20)24-4-9-11(25-7(2)21)12(26-8(3)22)15(27-9)19-5-18-10(13(19)16)14(17)23/h5,9,11-12,15H,4,16H2,1-3H3,(H2,17,23)/t9-,11?,12?,15-/m1/s1. The molecule has 2 heterocycles. The maximum Gasteiger partial charge on any atom is 0.303 e. The van der Waals surface area contributed by atoms with Crippen molar-refractivity contribution in [3.8, 4) is 0 Å². The SMILES string of the molecule is CC(=O)OC[C@H]1O[C@@H](n2cnc(C(N)=O)c2N)C(OC(C)=O)C1OC(C)=O. The molecule has 12 nitrogen and oxygen atoms in total. The molecule has 1 fully saturated rings. The van der Waals surface area contributed by atoms with Gasteiger partial charge in [0.2, 0.25) is 0 Å². The van der Waals surface area contributed by atoms with E-state index < -0.39 is 48.4 Å². The number of ether oxygens (including phenoxy) is 4. The minimum Gasteiger partial charge on any atom is -0.463 e. The van der Waals surface area contributed by atoms with Gasteiger partial charge in [-0.3, -0.25) is 23.7 Å². The number of hydrogen-bond donors (Lipinski definition) is 2. The van der Waals surface area contributed by atoms with E-state index in [1.54, 1.807) is 0 Å². The van der Waals surface area contributed by atoms with Gasteiger partial charge in [0.15, 0.2) is 24.1 Å². The number of nitrogen functional groups attached to an aromatic ring is 1. The van der Waals surface area contributed by atoms with Crippen molar-refractivity contribution in [1.29, 1.82) is 0 Å². The summed E-state index contributed by atoms with van der Waals surface area (Å²) in [6.07, 6.45) is -3.10. The van der Waals surface area contributed by atoms with Crippen molar-refractivity contribution in [3.63, 3.8) is 0 Å². The molecule has 4 N–H and O–H groups in total. The highest BCUT2D eigenvalue weighted by molar-refractivity contribution is 5.95. The fourth-order valence-corrected chi connectivity index (χ4v) is 2.68. The monoisotopic (exact) mass is 384 g/mol. The zero-order valence-electron chi connectivity index (χ0n) is 14.9. The van der Waals surface area contributed by atoms with E-state index in [4.69, 9.17) is 30.4 Å². The summed E-state index contributed by atoms with van der Waals surface area (Å²) >= 11 is 0. The summed E-state index contributed by atoms with van der Waals surface area (Å²) < 4.78 is 22.4. The molecule has 1 saturated heterocycles. The lowest BCUT2D eigenvalue weighted by atomic mass is 10.1. The third-order valence-corrected chi connectivity index (χ3v) is 3.68. The molecule has 1 aliphatic heterocycles. The second-order valence-corrected chi connectivity index (χ2v) is 5.77. The van der Waals surface area contributed by atoms with E-state index in [0.717, 1.165) is 13.8 Å². The molecule has 0 bridgehead atoms. The molecule has 0 aliphatic carbocycles. The molecule has 2 rings (SSSR count). The minimum atomic E-state index is -1.14. The van der Waals surface area contributed by atoms with Gasteiger partial charge in [-0.05, 0) is 0 Å². The number of amides is 1. The van der Waals surface area contributed by atoms with E-state index >= 15 is 0 Å². The summed E-state index contributed by atoms with van der Waals surface area (Å²) in [5.41, 5.74) is 10.9. The second-order valence-electron chi connectivity index (χ2n) is 5.77. The molecule has 1 amide bonds. The summed E-state index contributed by atoms with van der Waals surface area (Å²) in [6, 6.07) is 0. The molecule has 1 aromatic rings. The Kier molecular flexibility index (Phi) is 6.00. The Labute approximate surface area is 153 Å². The number of carbonyl (C=O) groups is 4. The first-order valence-electron chi connectivity index (χ1n) is 7.87. The number of hydrogen-bond acceptors (Lipinski definition) is 10. The first kappa shape index (κ1) is 20.2. The van der Waals surface area contributed by atoms with Crippen molar-refractivity contribution in [3.05, 3.63) is 12.0 Å². The highest BCUT2D eigenvalue weighted by atomic mass is 16.7. The summed E-state index contributed by atoms with van der Waals surface area (Å²) in [5.74, 6) is -2.90. The van der Waals surface area contributed by atoms with Crippen molar-refractivity contribution in [1.82, 2.24) is 9.55 Å². The number of aromatic nitrogens is 2. The molecule has 1 aliphatic rings. The lowest BCUT2D eigenvalue weighted by molar-refractivity contribution is -0.166.